The van der Waals surface area contributed by atoms with Crippen molar-refractivity contribution in [1.29, 1.82) is 0 Å². The van der Waals surface area contributed by atoms with Crippen LogP contribution in [0, 0.1) is 6.92 Å². The predicted octanol–water partition coefficient (Wildman–Crippen LogP) is 3.12. The van der Waals surface area contributed by atoms with Gasteiger partial charge in [-0.25, -0.2) is 4.79 Å². The highest BCUT2D eigenvalue weighted by Gasteiger charge is 2.26. The number of aliphatic carboxylic acids is 1. The quantitative estimate of drug-likeness (QED) is 0.559. The molecule has 0 bridgehead atoms. The van der Waals surface area contributed by atoms with Crippen molar-refractivity contribution in [2.24, 2.45) is 0 Å². The molecule has 5 nitrogen and oxygen atoms in total. The van der Waals surface area contributed by atoms with Gasteiger partial charge in [0.05, 0.1) is 4.90 Å². The van der Waals surface area contributed by atoms with Crippen molar-refractivity contribution in [3.8, 4) is 0 Å². The maximum atomic E-state index is 12.1. The summed E-state index contributed by atoms with van der Waals surface area (Å²) in [5, 5.41) is 9.09. The molecule has 118 valence electrons. The number of carboxylic acid groups (broad SMARTS) is 1. The third-order valence-corrected chi connectivity index (χ3v) is 4.48. The van der Waals surface area contributed by atoms with E-state index in [0.29, 0.717) is 6.42 Å². The zero-order chi connectivity index (χ0) is 15.9. The molecule has 0 aliphatic rings. The first kappa shape index (κ1) is 17.7. The summed E-state index contributed by atoms with van der Waals surface area (Å²) in [5.74, 6) is -1.25. The summed E-state index contributed by atoms with van der Waals surface area (Å²) in [4.78, 5) is 11.1. The highest BCUT2D eigenvalue weighted by molar-refractivity contribution is 7.86. The van der Waals surface area contributed by atoms with E-state index >= 15 is 0 Å². The molecule has 0 radical (unpaired) electrons. The van der Waals surface area contributed by atoms with Crippen LogP contribution >= 0.6 is 0 Å². The molecule has 0 fully saturated rings. The Hall–Kier alpha value is -1.40. The van der Waals surface area contributed by atoms with Gasteiger partial charge >= 0.3 is 5.97 Å². The second-order valence-electron chi connectivity index (χ2n) is 5.04. The Morgan fingerprint density at radius 3 is 2.33 bits per heavy atom. The molecule has 0 aromatic heterocycles. The lowest BCUT2D eigenvalue weighted by Gasteiger charge is -2.13. The van der Waals surface area contributed by atoms with Gasteiger partial charge in [-0.2, -0.15) is 8.42 Å². The van der Waals surface area contributed by atoms with Crippen molar-refractivity contribution in [3.05, 3.63) is 29.8 Å². The largest absolute Gasteiger partial charge is 0.479 e. The SMILES string of the molecule is CCCCCCC(OS(=O)(=O)c1ccc(C)cc1)C(=O)O. The molecule has 1 unspecified atom stereocenters. The Kier molecular flexibility index (Phi) is 6.84. The molecule has 0 saturated heterocycles. The van der Waals surface area contributed by atoms with Crippen molar-refractivity contribution in [3.63, 3.8) is 0 Å². The summed E-state index contributed by atoms with van der Waals surface area (Å²) in [6.07, 6.45) is 2.40. The van der Waals surface area contributed by atoms with Gasteiger partial charge in [-0.15, -0.1) is 0 Å². The van der Waals surface area contributed by atoms with Gasteiger partial charge in [0.1, 0.15) is 0 Å². The van der Waals surface area contributed by atoms with Crippen molar-refractivity contribution in [1.82, 2.24) is 0 Å². The van der Waals surface area contributed by atoms with E-state index in [2.05, 4.69) is 0 Å². The van der Waals surface area contributed by atoms with Crippen LogP contribution in [0.4, 0.5) is 0 Å². The molecule has 0 spiro atoms. The first-order valence-electron chi connectivity index (χ1n) is 7.09. The highest BCUT2D eigenvalue weighted by Crippen LogP contribution is 2.18. The van der Waals surface area contributed by atoms with E-state index in [1.165, 1.54) is 12.1 Å². The highest BCUT2D eigenvalue weighted by atomic mass is 32.2. The zero-order valence-corrected chi connectivity index (χ0v) is 13.2. The van der Waals surface area contributed by atoms with Crippen molar-refractivity contribution in [2.45, 2.75) is 57.0 Å². The number of hydrogen-bond acceptors (Lipinski definition) is 4. The van der Waals surface area contributed by atoms with E-state index in [0.717, 1.165) is 24.8 Å². The van der Waals surface area contributed by atoms with E-state index in [1.54, 1.807) is 12.1 Å². The fraction of sp³-hybridized carbons (Fsp3) is 0.533. The van der Waals surface area contributed by atoms with Crippen LogP contribution in [-0.4, -0.2) is 25.6 Å². The summed E-state index contributed by atoms with van der Waals surface area (Å²) in [6, 6.07) is 6.13. The summed E-state index contributed by atoms with van der Waals surface area (Å²) in [6.45, 7) is 3.89. The minimum Gasteiger partial charge on any atom is -0.479 e. The predicted molar refractivity (Wildman–Crippen MR) is 79.6 cm³/mol. The molecule has 0 amide bonds. The summed E-state index contributed by atoms with van der Waals surface area (Å²) in [7, 11) is -4.04. The number of carbonyl (C=O) groups is 1. The van der Waals surface area contributed by atoms with Crippen molar-refractivity contribution < 1.29 is 22.5 Å². The lowest BCUT2D eigenvalue weighted by Crippen LogP contribution is -2.27. The number of carboxylic acids is 1. The lowest BCUT2D eigenvalue weighted by molar-refractivity contribution is -0.145. The number of benzene rings is 1. The van der Waals surface area contributed by atoms with Gasteiger partial charge in [0, 0.05) is 0 Å². The number of unbranched alkanes of at least 4 members (excludes halogenated alkanes) is 3. The second-order valence-corrected chi connectivity index (χ2v) is 6.61. The molecule has 0 aliphatic heterocycles. The summed E-state index contributed by atoms with van der Waals surface area (Å²) >= 11 is 0. The van der Waals surface area contributed by atoms with Crippen LogP contribution in [0.25, 0.3) is 0 Å². The number of hydrogen-bond donors (Lipinski definition) is 1. The first-order valence-corrected chi connectivity index (χ1v) is 8.50. The van der Waals surface area contributed by atoms with Crippen LogP contribution in [0.3, 0.4) is 0 Å². The van der Waals surface area contributed by atoms with Crippen LogP contribution in [0.5, 0.6) is 0 Å². The Balaban J connectivity index is 2.73. The molecule has 21 heavy (non-hydrogen) atoms. The summed E-state index contributed by atoms with van der Waals surface area (Å²) in [5.41, 5.74) is 0.920. The maximum absolute atomic E-state index is 12.1. The van der Waals surface area contributed by atoms with Gasteiger partial charge in [0.25, 0.3) is 10.1 Å². The Labute approximate surface area is 126 Å². The minimum absolute atomic E-state index is 0.0205. The Morgan fingerprint density at radius 1 is 1.19 bits per heavy atom. The molecule has 1 aromatic rings. The Morgan fingerprint density at radius 2 is 1.81 bits per heavy atom. The van der Waals surface area contributed by atoms with E-state index in [-0.39, 0.29) is 11.3 Å². The molecule has 0 aliphatic carbocycles. The molecule has 6 heteroatoms. The first-order chi connectivity index (χ1) is 9.86. The van der Waals surface area contributed by atoms with E-state index in [4.69, 9.17) is 9.29 Å². The molecule has 1 atom stereocenters. The fourth-order valence-electron chi connectivity index (χ4n) is 1.88. The van der Waals surface area contributed by atoms with Crippen LogP contribution in [0.1, 0.15) is 44.6 Å². The topological polar surface area (TPSA) is 80.7 Å². The third-order valence-electron chi connectivity index (χ3n) is 3.15. The van der Waals surface area contributed by atoms with Gasteiger partial charge in [0.15, 0.2) is 6.10 Å². The molecule has 1 N–H and O–H groups in total. The lowest BCUT2D eigenvalue weighted by atomic mass is 10.1. The van der Waals surface area contributed by atoms with E-state index in [1.807, 2.05) is 13.8 Å². The van der Waals surface area contributed by atoms with Crippen LogP contribution in [0.15, 0.2) is 29.2 Å². The third kappa shape index (κ3) is 5.85. The smallest absolute Gasteiger partial charge is 0.334 e. The van der Waals surface area contributed by atoms with Gasteiger partial charge in [-0.05, 0) is 25.5 Å². The normalized spacial score (nSPS) is 13.0. The average Bonchev–Trinajstić information content (AvgIpc) is 2.42. The molecular weight excluding hydrogens is 292 g/mol. The average molecular weight is 314 g/mol. The van der Waals surface area contributed by atoms with E-state index < -0.39 is 22.2 Å². The molecule has 0 saturated carbocycles. The van der Waals surface area contributed by atoms with E-state index in [9.17, 15) is 13.2 Å². The molecule has 0 heterocycles. The van der Waals surface area contributed by atoms with Crippen LogP contribution in [0.2, 0.25) is 0 Å². The Bertz CT molecular complexity index is 548. The molecule has 1 rings (SSSR count). The standard InChI is InChI=1S/C15H22O5S/c1-3-4-5-6-7-14(15(16)17)20-21(18,19)13-10-8-12(2)9-11-13/h8-11,14H,3-7H2,1-2H3,(H,16,17). The van der Waals surface area contributed by atoms with Gasteiger partial charge < -0.3 is 5.11 Å². The fourth-order valence-corrected chi connectivity index (χ4v) is 2.95. The number of rotatable bonds is 9. The number of aryl methyl sites for hydroxylation is 1. The monoisotopic (exact) mass is 314 g/mol. The zero-order valence-electron chi connectivity index (χ0n) is 12.4. The summed E-state index contributed by atoms with van der Waals surface area (Å²) < 4.78 is 29.0. The molecule has 1 aromatic carbocycles. The van der Waals surface area contributed by atoms with Crippen LogP contribution < -0.4 is 0 Å². The van der Waals surface area contributed by atoms with Gasteiger partial charge in [0.2, 0.25) is 0 Å². The second kappa shape index (κ2) is 8.14. The van der Waals surface area contributed by atoms with Crippen molar-refractivity contribution >= 4 is 16.1 Å². The van der Waals surface area contributed by atoms with Gasteiger partial charge in [-0.3, -0.25) is 4.18 Å². The van der Waals surface area contributed by atoms with Crippen LogP contribution in [-0.2, 0) is 19.1 Å². The van der Waals surface area contributed by atoms with Crippen molar-refractivity contribution in [2.75, 3.05) is 0 Å². The maximum Gasteiger partial charge on any atom is 0.334 e. The minimum atomic E-state index is -4.04. The molecular formula is C15H22O5S. The van der Waals surface area contributed by atoms with Gasteiger partial charge in [-0.1, -0.05) is 50.3 Å².